The number of nitrogens with one attached hydrogen (secondary N) is 1. The first-order valence-electron chi connectivity index (χ1n) is 7.89. The maximum Gasteiger partial charge on any atom is 0.352 e. The van der Waals surface area contributed by atoms with Gasteiger partial charge in [-0.1, -0.05) is 30.3 Å². The highest BCUT2D eigenvalue weighted by Gasteiger charge is 2.66. The number of amides is 2. The van der Waals surface area contributed by atoms with Gasteiger partial charge >= 0.3 is 5.97 Å². The number of methoxy groups -OCH3 is 1. The van der Waals surface area contributed by atoms with Crippen LogP contribution in [-0.2, 0) is 19.1 Å². The first kappa shape index (κ1) is 18.4. The second-order valence-electron chi connectivity index (χ2n) is 6.09. The normalized spacial score (nSPS) is 26.0. The molecule has 1 fully saturated rings. The molecule has 3 atom stereocenters. The largest absolute Gasteiger partial charge is 0.477 e. The average molecular weight is 377 g/mol. The van der Waals surface area contributed by atoms with Crippen LogP contribution in [0.2, 0.25) is 0 Å². The molecule has 2 unspecified atom stereocenters. The number of hydrogen-bond acceptors (Lipinski definition) is 6. The molecule has 9 heteroatoms. The van der Waals surface area contributed by atoms with Crippen LogP contribution in [0.25, 0.3) is 0 Å². The summed E-state index contributed by atoms with van der Waals surface area (Å²) in [4.78, 5) is 38.0. The summed E-state index contributed by atoms with van der Waals surface area (Å²) < 4.78 is 5.36. The van der Waals surface area contributed by atoms with Crippen LogP contribution in [-0.4, -0.2) is 51.8 Å². The molecule has 0 aromatic heterocycles. The molecule has 2 amide bonds. The number of carbonyl (C=O) groups is 3. The minimum absolute atomic E-state index is 0.0620. The molecule has 0 spiro atoms. The Morgan fingerprint density at radius 1 is 1.42 bits per heavy atom. The van der Waals surface area contributed by atoms with Gasteiger partial charge in [0.25, 0.3) is 11.6 Å². The molecule has 0 radical (unpaired) electrons. The van der Waals surface area contributed by atoms with Crippen molar-refractivity contribution in [1.82, 2.24) is 10.2 Å². The Morgan fingerprint density at radius 3 is 2.65 bits per heavy atom. The Bertz CT molecular complexity index is 797. The molecule has 8 nitrogen and oxygen atoms in total. The van der Waals surface area contributed by atoms with E-state index in [9.17, 15) is 19.5 Å². The number of β-lactam (4-membered cyclic amide) rings is 1. The topological polar surface area (TPSA) is 122 Å². The van der Waals surface area contributed by atoms with Crippen LogP contribution < -0.4 is 11.1 Å². The highest BCUT2D eigenvalue weighted by atomic mass is 32.2. The molecule has 138 valence electrons. The van der Waals surface area contributed by atoms with Gasteiger partial charge in [0, 0.05) is 12.9 Å². The average Bonchev–Trinajstić information content (AvgIpc) is 2.65. The standard InChI is InChI=1S/C17H19N3O5S/c1-9-8-26-16-17(25-2,15(24)20(16)12(9)14(22)23)19-13(21)11(18)10-6-4-3-5-7-10/h3-7,11,16H,8,18H2,1-2H3,(H,19,21)(H,22,23)/t11?,16-,17?/m1/s1. The van der Waals surface area contributed by atoms with E-state index in [0.717, 1.165) is 4.90 Å². The van der Waals surface area contributed by atoms with Crippen molar-refractivity contribution in [2.45, 2.75) is 24.1 Å². The smallest absolute Gasteiger partial charge is 0.352 e. The van der Waals surface area contributed by atoms with Gasteiger partial charge in [-0.15, -0.1) is 11.8 Å². The summed E-state index contributed by atoms with van der Waals surface area (Å²) in [6.45, 7) is 1.66. The van der Waals surface area contributed by atoms with Crippen molar-refractivity contribution in [3.05, 3.63) is 47.2 Å². The second kappa shape index (κ2) is 6.75. The van der Waals surface area contributed by atoms with Gasteiger partial charge in [-0.05, 0) is 18.1 Å². The Balaban J connectivity index is 1.84. The fourth-order valence-corrected chi connectivity index (χ4v) is 4.49. The Kier molecular flexibility index (Phi) is 4.78. The zero-order valence-corrected chi connectivity index (χ0v) is 15.1. The van der Waals surface area contributed by atoms with Gasteiger partial charge in [-0.3, -0.25) is 14.5 Å². The summed E-state index contributed by atoms with van der Waals surface area (Å²) in [5.41, 5.74) is 5.48. The lowest BCUT2D eigenvalue weighted by atomic mass is 9.97. The van der Waals surface area contributed by atoms with E-state index >= 15 is 0 Å². The predicted molar refractivity (Wildman–Crippen MR) is 94.7 cm³/mol. The van der Waals surface area contributed by atoms with Crippen molar-refractivity contribution in [3.63, 3.8) is 0 Å². The molecule has 0 bridgehead atoms. The summed E-state index contributed by atoms with van der Waals surface area (Å²) in [5, 5.41) is 11.3. The van der Waals surface area contributed by atoms with Crippen molar-refractivity contribution >= 4 is 29.5 Å². The van der Waals surface area contributed by atoms with Gasteiger partial charge < -0.3 is 20.9 Å². The van der Waals surface area contributed by atoms with Crippen LogP contribution in [0.1, 0.15) is 18.5 Å². The fourth-order valence-electron chi connectivity index (χ4n) is 3.11. The highest BCUT2D eigenvalue weighted by molar-refractivity contribution is 8.00. The third kappa shape index (κ3) is 2.68. The molecule has 4 N–H and O–H groups in total. The quantitative estimate of drug-likeness (QED) is 0.502. The molecule has 1 aromatic rings. The van der Waals surface area contributed by atoms with Crippen LogP contribution in [0, 0.1) is 0 Å². The molecule has 0 aliphatic carbocycles. The number of nitrogens with two attached hydrogens (primary N) is 1. The highest BCUT2D eigenvalue weighted by Crippen LogP contribution is 2.46. The Hall–Kier alpha value is -2.36. The number of rotatable bonds is 5. The maximum atomic E-state index is 12.7. The number of ether oxygens (including phenoxy) is 1. The summed E-state index contributed by atoms with van der Waals surface area (Å²) in [7, 11) is 1.30. The van der Waals surface area contributed by atoms with E-state index in [1.807, 2.05) is 0 Å². The number of carbonyl (C=O) groups excluding carboxylic acids is 2. The predicted octanol–water partition coefficient (Wildman–Crippen LogP) is 0.419. The first-order chi connectivity index (χ1) is 12.3. The van der Waals surface area contributed by atoms with E-state index in [-0.39, 0.29) is 5.70 Å². The number of fused-ring (bicyclic) bond motifs is 1. The lowest BCUT2D eigenvalue weighted by Crippen LogP contribution is -2.81. The van der Waals surface area contributed by atoms with E-state index in [2.05, 4.69) is 5.32 Å². The summed E-state index contributed by atoms with van der Waals surface area (Å²) in [6.07, 6.45) is 0. The van der Waals surface area contributed by atoms with Gasteiger partial charge in [0.05, 0.1) is 0 Å². The van der Waals surface area contributed by atoms with Crippen molar-refractivity contribution in [3.8, 4) is 0 Å². The molecule has 1 aromatic carbocycles. The van der Waals surface area contributed by atoms with E-state index in [1.54, 1.807) is 37.3 Å². The van der Waals surface area contributed by atoms with Crippen LogP contribution in [0.15, 0.2) is 41.6 Å². The van der Waals surface area contributed by atoms with E-state index in [0.29, 0.717) is 16.9 Å². The van der Waals surface area contributed by atoms with Gasteiger partial charge in [-0.2, -0.15) is 0 Å². The number of benzene rings is 1. The molecule has 2 aliphatic rings. The van der Waals surface area contributed by atoms with Crippen LogP contribution in [0.3, 0.4) is 0 Å². The monoisotopic (exact) mass is 377 g/mol. The zero-order chi connectivity index (χ0) is 19.1. The number of carboxylic acids is 1. The summed E-state index contributed by atoms with van der Waals surface area (Å²) in [6, 6.07) is 7.77. The third-order valence-corrected chi connectivity index (χ3v) is 5.95. The maximum absolute atomic E-state index is 12.7. The van der Waals surface area contributed by atoms with Gasteiger partial charge in [-0.25, -0.2) is 4.79 Å². The Morgan fingerprint density at radius 2 is 2.08 bits per heavy atom. The molecular weight excluding hydrogens is 358 g/mol. The van der Waals surface area contributed by atoms with Crippen LogP contribution in [0.4, 0.5) is 0 Å². The van der Waals surface area contributed by atoms with Crippen LogP contribution >= 0.6 is 11.8 Å². The molecule has 0 saturated carbocycles. The number of carboxylic acid groups (broad SMARTS) is 1. The SMILES string of the molecule is COC1(NC(=O)C(N)c2ccccc2)C(=O)N2C(C(=O)O)=C(C)CS[C@@H]21. The van der Waals surface area contributed by atoms with E-state index in [1.165, 1.54) is 18.9 Å². The second-order valence-corrected chi connectivity index (χ2v) is 7.16. The van der Waals surface area contributed by atoms with Crippen molar-refractivity contribution < 1.29 is 24.2 Å². The Labute approximate surface area is 154 Å². The van der Waals surface area contributed by atoms with E-state index in [4.69, 9.17) is 10.5 Å². The minimum Gasteiger partial charge on any atom is -0.477 e. The number of thioether (sulfide) groups is 1. The molecule has 2 heterocycles. The summed E-state index contributed by atoms with van der Waals surface area (Å²) in [5.74, 6) is -1.96. The van der Waals surface area contributed by atoms with Gasteiger partial charge in [0.1, 0.15) is 17.1 Å². The summed E-state index contributed by atoms with van der Waals surface area (Å²) >= 11 is 1.33. The minimum atomic E-state index is -1.63. The van der Waals surface area contributed by atoms with E-state index < -0.39 is 34.9 Å². The number of nitrogens with zero attached hydrogens (tertiary/aromatic N) is 1. The number of hydrogen-bond donors (Lipinski definition) is 3. The lowest BCUT2D eigenvalue weighted by molar-refractivity contribution is -0.192. The van der Waals surface area contributed by atoms with Gasteiger partial charge in [0.15, 0.2) is 0 Å². The van der Waals surface area contributed by atoms with Crippen LogP contribution in [0.5, 0.6) is 0 Å². The molecule has 3 rings (SSSR count). The van der Waals surface area contributed by atoms with Gasteiger partial charge in [0.2, 0.25) is 5.91 Å². The zero-order valence-electron chi connectivity index (χ0n) is 14.3. The number of aliphatic carboxylic acids is 1. The molecule has 2 aliphatic heterocycles. The lowest BCUT2D eigenvalue weighted by Gasteiger charge is -2.55. The van der Waals surface area contributed by atoms with Crippen molar-refractivity contribution in [2.24, 2.45) is 5.73 Å². The first-order valence-corrected chi connectivity index (χ1v) is 8.94. The molecule has 26 heavy (non-hydrogen) atoms. The molecule has 1 saturated heterocycles. The third-order valence-electron chi connectivity index (χ3n) is 4.50. The molecular formula is C17H19N3O5S. The van der Waals surface area contributed by atoms with Crippen molar-refractivity contribution in [2.75, 3.05) is 12.9 Å². The fraction of sp³-hybridized carbons (Fsp3) is 0.353. The van der Waals surface area contributed by atoms with Crippen molar-refractivity contribution in [1.29, 1.82) is 0 Å².